The third kappa shape index (κ3) is 3.09. The zero-order valence-electron chi connectivity index (χ0n) is 14.3. The van der Waals surface area contributed by atoms with Crippen LogP contribution in [0.2, 0.25) is 0 Å². The fourth-order valence-electron chi connectivity index (χ4n) is 2.99. The summed E-state index contributed by atoms with van der Waals surface area (Å²) in [6.07, 6.45) is -0.664. The van der Waals surface area contributed by atoms with E-state index >= 15 is 0 Å². The van der Waals surface area contributed by atoms with Crippen LogP contribution in [-0.2, 0) is 23.8 Å². The van der Waals surface area contributed by atoms with Gasteiger partial charge in [0.1, 0.15) is 18.1 Å². The van der Waals surface area contributed by atoms with Crippen LogP contribution >= 0.6 is 11.8 Å². The number of benzene rings is 1. The van der Waals surface area contributed by atoms with Crippen molar-refractivity contribution in [3.8, 4) is 11.5 Å². The Morgan fingerprint density at radius 1 is 1.32 bits per heavy atom. The molecule has 2 heterocycles. The fourth-order valence-corrected chi connectivity index (χ4v) is 4.38. The molecular weight excluding hydrogens is 348 g/mol. The quantitative estimate of drug-likeness (QED) is 0.586. The number of thioether (sulfide) groups is 1. The topological polar surface area (TPSA) is 80.3 Å². The predicted molar refractivity (Wildman–Crippen MR) is 89.0 cm³/mol. The molecular formula is C17H20O7S. The number of hydrogen-bond acceptors (Lipinski definition) is 8. The smallest absolute Gasteiger partial charge is 0.330 e. The van der Waals surface area contributed by atoms with Crippen molar-refractivity contribution in [2.45, 2.75) is 22.9 Å². The zero-order chi connectivity index (χ0) is 18.0. The van der Waals surface area contributed by atoms with Crippen molar-refractivity contribution >= 4 is 23.5 Å². The number of ether oxygens (including phenoxy) is 5. The van der Waals surface area contributed by atoms with Crippen molar-refractivity contribution in [3.05, 3.63) is 18.2 Å². The van der Waals surface area contributed by atoms with Gasteiger partial charge in [-0.25, -0.2) is 0 Å². The molecule has 0 radical (unpaired) electrons. The van der Waals surface area contributed by atoms with Crippen LogP contribution < -0.4 is 9.47 Å². The van der Waals surface area contributed by atoms with Gasteiger partial charge in [0, 0.05) is 5.92 Å². The Hall–Kier alpha value is -1.77. The Labute approximate surface area is 149 Å². The highest BCUT2D eigenvalue weighted by Crippen LogP contribution is 2.49. The lowest BCUT2D eigenvalue weighted by Gasteiger charge is -2.35. The van der Waals surface area contributed by atoms with E-state index in [0.29, 0.717) is 29.6 Å². The molecule has 2 aliphatic heterocycles. The van der Waals surface area contributed by atoms with Gasteiger partial charge in [0.15, 0.2) is 16.8 Å². The maximum absolute atomic E-state index is 13.0. The van der Waals surface area contributed by atoms with Crippen molar-refractivity contribution < 1.29 is 33.3 Å². The molecule has 25 heavy (non-hydrogen) atoms. The van der Waals surface area contributed by atoms with Crippen LogP contribution in [0.15, 0.2) is 23.1 Å². The number of carbonyl (C=O) groups excluding carboxylic acids is 2. The summed E-state index contributed by atoms with van der Waals surface area (Å²) >= 11 is 1.10. The van der Waals surface area contributed by atoms with Crippen molar-refractivity contribution in [2.24, 2.45) is 5.92 Å². The number of rotatable bonds is 4. The van der Waals surface area contributed by atoms with Crippen molar-refractivity contribution in [1.29, 1.82) is 0 Å². The highest BCUT2D eigenvalue weighted by molar-refractivity contribution is 8.02. The number of Topliss-reactive ketones (excluding diaryl/α,β-unsaturated/α-hetero) is 1. The molecule has 2 atom stereocenters. The molecule has 0 aromatic heterocycles. The fraction of sp³-hybridized carbons (Fsp3) is 0.529. The average molecular weight is 368 g/mol. The summed E-state index contributed by atoms with van der Waals surface area (Å²) in [5, 5.41) is 0. The minimum absolute atomic E-state index is 0.238. The lowest BCUT2D eigenvalue weighted by molar-refractivity contribution is -0.157. The summed E-state index contributed by atoms with van der Waals surface area (Å²) in [5.41, 5.74) is 0. The molecule has 0 saturated carbocycles. The maximum Gasteiger partial charge on any atom is 0.330 e. The van der Waals surface area contributed by atoms with Crippen molar-refractivity contribution in [2.75, 3.05) is 34.0 Å². The van der Waals surface area contributed by atoms with Gasteiger partial charge in [-0.3, -0.25) is 9.59 Å². The first-order chi connectivity index (χ1) is 12.0. The average Bonchev–Trinajstić information content (AvgIpc) is 3.13. The molecule has 3 rings (SSSR count). The van der Waals surface area contributed by atoms with Crippen LogP contribution in [0.1, 0.15) is 6.92 Å². The molecule has 2 unspecified atom stereocenters. The van der Waals surface area contributed by atoms with E-state index in [9.17, 15) is 9.59 Å². The largest absolute Gasteiger partial charge is 0.497 e. The molecule has 7 nitrogen and oxygen atoms in total. The van der Waals surface area contributed by atoms with Crippen LogP contribution in [0.4, 0.5) is 0 Å². The van der Waals surface area contributed by atoms with Gasteiger partial charge in [-0.05, 0) is 18.2 Å². The number of carbonyl (C=O) groups is 2. The lowest BCUT2D eigenvalue weighted by Crippen LogP contribution is -2.54. The molecule has 0 N–H and O–H groups in total. The number of hydrogen-bond donors (Lipinski definition) is 0. The molecule has 1 aromatic carbocycles. The van der Waals surface area contributed by atoms with E-state index in [-0.39, 0.29) is 12.4 Å². The summed E-state index contributed by atoms with van der Waals surface area (Å²) in [6.45, 7) is 2.36. The molecule has 0 aliphatic carbocycles. The molecule has 2 aliphatic rings. The normalized spacial score (nSPS) is 24.8. The summed E-state index contributed by atoms with van der Waals surface area (Å²) in [5.74, 6) is -0.477. The minimum atomic E-state index is -1.53. The van der Waals surface area contributed by atoms with Crippen LogP contribution in [0.5, 0.6) is 11.5 Å². The Balaban J connectivity index is 2.07. The van der Waals surface area contributed by atoms with E-state index in [1.165, 1.54) is 7.11 Å². The first-order valence-corrected chi connectivity index (χ1v) is 8.69. The van der Waals surface area contributed by atoms with E-state index in [0.717, 1.165) is 11.8 Å². The molecule has 0 amide bonds. The first kappa shape index (κ1) is 18.0. The van der Waals surface area contributed by atoms with Gasteiger partial charge in [0.25, 0.3) is 0 Å². The van der Waals surface area contributed by atoms with Crippen LogP contribution in [0.3, 0.4) is 0 Å². The van der Waals surface area contributed by atoms with Crippen molar-refractivity contribution in [3.63, 3.8) is 0 Å². The van der Waals surface area contributed by atoms with Gasteiger partial charge < -0.3 is 23.7 Å². The first-order valence-electron chi connectivity index (χ1n) is 7.87. The Morgan fingerprint density at radius 3 is 2.68 bits per heavy atom. The molecule has 0 spiro atoms. The van der Waals surface area contributed by atoms with E-state index < -0.39 is 22.9 Å². The van der Waals surface area contributed by atoms with Gasteiger partial charge in [0.2, 0.25) is 0 Å². The molecule has 136 valence electrons. The zero-order valence-corrected chi connectivity index (χ0v) is 15.1. The lowest BCUT2D eigenvalue weighted by atomic mass is 9.88. The summed E-state index contributed by atoms with van der Waals surface area (Å²) in [7, 11) is 2.81. The SMILES string of the molecule is COC(=O)C1(C(C)C2OCCO2)Sc2cc(OC)ccc2OCC1=O. The van der Waals surface area contributed by atoms with E-state index in [4.69, 9.17) is 23.7 Å². The third-order valence-electron chi connectivity index (χ3n) is 4.38. The summed E-state index contributed by atoms with van der Waals surface area (Å²) in [4.78, 5) is 26.3. The summed E-state index contributed by atoms with van der Waals surface area (Å²) in [6, 6.07) is 5.19. The molecule has 8 heteroatoms. The number of fused-ring (bicyclic) bond motifs is 1. The standard InChI is InChI=1S/C17H20O7S/c1-10(15-22-6-7-23-15)17(16(19)21-3)14(18)9-24-12-5-4-11(20-2)8-13(12)25-17/h4-5,8,10,15H,6-7,9H2,1-3H3. The van der Waals surface area contributed by atoms with Crippen LogP contribution in [-0.4, -0.2) is 56.8 Å². The van der Waals surface area contributed by atoms with Gasteiger partial charge in [-0.1, -0.05) is 18.7 Å². The molecule has 1 aromatic rings. The van der Waals surface area contributed by atoms with Gasteiger partial charge in [-0.15, -0.1) is 0 Å². The van der Waals surface area contributed by atoms with Gasteiger partial charge in [0.05, 0.1) is 32.3 Å². The second kappa shape index (κ2) is 7.23. The third-order valence-corrected chi connectivity index (χ3v) is 6.01. The monoisotopic (exact) mass is 368 g/mol. The van der Waals surface area contributed by atoms with Gasteiger partial charge >= 0.3 is 5.97 Å². The van der Waals surface area contributed by atoms with Crippen LogP contribution in [0.25, 0.3) is 0 Å². The van der Waals surface area contributed by atoms with Gasteiger partial charge in [-0.2, -0.15) is 0 Å². The maximum atomic E-state index is 13.0. The summed E-state index contributed by atoms with van der Waals surface area (Å²) < 4.78 is 25.4. The second-order valence-corrected chi connectivity index (χ2v) is 7.04. The van der Waals surface area contributed by atoms with E-state index in [1.54, 1.807) is 32.2 Å². The second-order valence-electron chi connectivity index (χ2n) is 5.75. The highest BCUT2D eigenvalue weighted by Gasteiger charge is 2.57. The Morgan fingerprint density at radius 2 is 2.04 bits per heavy atom. The molecule has 1 saturated heterocycles. The number of methoxy groups -OCH3 is 2. The minimum Gasteiger partial charge on any atom is -0.497 e. The Bertz CT molecular complexity index is 671. The van der Waals surface area contributed by atoms with Crippen LogP contribution in [0, 0.1) is 5.92 Å². The Kier molecular flexibility index (Phi) is 5.21. The highest BCUT2D eigenvalue weighted by atomic mass is 32.2. The van der Waals surface area contributed by atoms with Crippen molar-refractivity contribution in [1.82, 2.24) is 0 Å². The molecule has 1 fully saturated rings. The number of ketones is 1. The van der Waals surface area contributed by atoms with E-state index in [1.807, 2.05) is 0 Å². The predicted octanol–water partition coefficient (Wildman–Crippen LogP) is 1.67. The van der Waals surface area contributed by atoms with E-state index in [2.05, 4.69) is 0 Å². The number of esters is 1. The molecule has 0 bridgehead atoms.